The quantitative estimate of drug-likeness (QED) is 0.833. The minimum absolute atomic E-state index is 0.622. The fourth-order valence-electron chi connectivity index (χ4n) is 2.36. The molecule has 1 aromatic rings. The van der Waals surface area contributed by atoms with Gasteiger partial charge in [-0.25, -0.2) is 4.98 Å². The van der Waals surface area contributed by atoms with E-state index in [1.165, 1.54) is 37.0 Å². The van der Waals surface area contributed by atoms with Gasteiger partial charge >= 0.3 is 0 Å². The Labute approximate surface area is 119 Å². The Balaban J connectivity index is 1.70. The number of hydrogen-bond acceptors (Lipinski definition) is 5. The van der Waals surface area contributed by atoms with Crippen molar-refractivity contribution in [1.82, 2.24) is 10.3 Å². The predicted molar refractivity (Wildman–Crippen MR) is 78.7 cm³/mol. The normalized spacial score (nSPS) is 19.5. The van der Waals surface area contributed by atoms with Crippen LogP contribution in [0.2, 0.25) is 0 Å². The van der Waals surface area contributed by atoms with Crippen LogP contribution in [-0.2, 0) is 17.9 Å². The monoisotopic (exact) mass is 281 g/mol. The molecule has 0 radical (unpaired) electrons. The van der Waals surface area contributed by atoms with E-state index < -0.39 is 0 Å². The van der Waals surface area contributed by atoms with Gasteiger partial charge in [0.1, 0.15) is 0 Å². The lowest BCUT2D eigenvalue weighted by molar-refractivity contribution is 0.181. The molecule has 5 heteroatoms. The zero-order chi connectivity index (χ0) is 13.2. The van der Waals surface area contributed by atoms with Gasteiger partial charge in [0, 0.05) is 37.7 Å². The molecule has 0 spiro atoms. The first kappa shape index (κ1) is 13.3. The molecule has 4 nitrogen and oxygen atoms in total. The first-order valence-corrected chi connectivity index (χ1v) is 8.03. The van der Waals surface area contributed by atoms with Crippen LogP contribution in [0.3, 0.4) is 0 Å². The molecule has 2 saturated carbocycles. The topological polar surface area (TPSA) is 37.4 Å². The Morgan fingerprint density at radius 1 is 1.37 bits per heavy atom. The van der Waals surface area contributed by atoms with Crippen LogP contribution in [0, 0.1) is 0 Å². The fraction of sp³-hybridized carbons (Fsp3) is 0.786. The molecule has 0 atom stereocenters. The van der Waals surface area contributed by atoms with Crippen LogP contribution in [0.5, 0.6) is 0 Å². The van der Waals surface area contributed by atoms with Gasteiger partial charge in [0.2, 0.25) is 0 Å². The lowest BCUT2D eigenvalue weighted by Crippen LogP contribution is -2.37. The highest BCUT2D eigenvalue weighted by Gasteiger charge is 2.26. The van der Waals surface area contributed by atoms with E-state index in [1.54, 1.807) is 7.11 Å². The SMILES string of the molecule is COCc1nc(N(C)C2CCC2)sc1CNC1CC1. The van der Waals surface area contributed by atoms with E-state index >= 15 is 0 Å². The summed E-state index contributed by atoms with van der Waals surface area (Å²) in [5.41, 5.74) is 1.11. The number of nitrogens with one attached hydrogen (secondary N) is 1. The molecule has 1 aromatic heterocycles. The summed E-state index contributed by atoms with van der Waals surface area (Å²) in [6.07, 6.45) is 6.64. The summed E-state index contributed by atoms with van der Waals surface area (Å²) < 4.78 is 5.28. The first-order valence-electron chi connectivity index (χ1n) is 7.21. The summed E-state index contributed by atoms with van der Waals surface area (Å²) in [6, 6.07) is 1.44. The molecular weight excluding hydrogens is 258 g/mol. The third kappa shape index (κ3) is 3.09. The molecule has 0 amide bonds. The van der Waals surface area contributed by atoms with Crippen molar-refractivity contribution in [3.63, 3.8) is 0 Å². The van der Waals surface area contributed by atoms with Crippen LogP contribution in [0.25, 0.3) is 0 Å². The molecule has 0 bridgehead atoms. The summed E-state index contributed by atoms with van der Waals surface area (Å²) in [7, 11) is 3.92. The van der Waals surface area contributed by atoms with Gasteiger partial charge in [-0.1, -0.05) is 0 Å². The van der Waals surface area contributed by atoms with Crippen molar-refractivity contribution in [2.24, 2.45) is 0 Å². The molecule has 2 aliphatic carbocycles. The minimum atomic E-state index is 0.622. The second kappa shape index (κ2) is 5.77. The van der Waals surface area contributed by atoms with Gasteiger partial charge in [0.15, 0.2) is 5.13 Å². The maximum absolute atomic E-state index is 5.28. The molecule has 2 aliphatic rings. The van der Waals surface area contributed by atoms with Crippen molar-refractivity contribution in [1.29, 1.82) is 0 Å². The number of anilines is 1. The number of rotatable bonds is 7. The summed E-state index contributed by atoms with van der Waals surface area (Å²) in [5, 5.41) is 4.73. The Hall–Kier alpha value is -0.650. The van der Waals surface area contributed by atoms with Crippen LogP contribution in [-0.4, -0.2) is 31.2 Å². The van der Waals surface area contributed by atoms with Crippen molar-refractivity contribution >= 4 is 16.5 Å². The average Bonchev–Trinajstić information content (AvgIpc) is 3.07. The van der Waals surface area contributed by atoms with Gasteiger partial charge in [-0.05, 0) is 32.1 Å². The van der Waals surface area contributed by atoms with Crippen molar-refractivity contribution in [3.8, 4) is 0 Å². The third-order valence-electron chi connectivity index (χ3n) is 4.10. The summed E-state index contributed by atoms with van der Waals surface area (Å²) >= 11 is 1.83. The smallest absolute Gasteiger partial charge is 0.185 e. The lowest BCUT2D eigenvalue weighted by atomic mass is 9.92. The van der Waals surface area contributed by atoms with Gasteiger partial charge in [0.25, 0.3) is 0 Å². The molecule has 0 aromatic carbocycles. The Morgan fingerprint density at radius 2 is 2.16 bits per heavy atom. The summed E-state index contributed by atoms with van der Waals surface area (Å²) in [4.78, 5) is 8.48. The molecule has 1 N–H and O–H groups in total. The highest BCUT2D eigenvalue weighted by molar-refractivity contribution is 7.15. The van der Waals surface area contributed by atoms with E-state index in [4.69, 9.17) is 9.72 Å². The zero-order valence-corrected chi connectivity index (χ0v) is 12.6. The van der Waals surface area contributed by atoms with Gasteiger partial charge in [0.05, 0.1) is 12.3 Å². The second-order valence-corrected chi connectivity index (χ2v) is 6.71. The minimum Gasteiger partial charge on any atom is -0.378 e. The Bertz CT molecular complexity index is 426. The molecule has 106 valence electrons. The molecule has 2 fully saturated rings. The van der Waals surface area contributed by atoms with Gasteiger partial charge < -0.3 is 15.0 Å². The van der Waals surface area contributed by atoms with Crippen molar-refractivity contribution in [2.45, 2.75) is 57.3 Å². The number of ether oxygens (including phenoxy) is 1. The molecular formula is C14H23N3OS. The number of thiazole rings is 1. The standard InChI is InChI=1S/C14H23N3OS/c1-17(11-4-3-5-11)14-16-12(9-18-2)13(19-14)8-15-10-6-7-10/h10-11,15H,3-9H2,1-2H3. The predicted octanol–water partition coefficient (Wildman–Crippen LogP) is 2.53. The zero-order valence-electron chi connectivity index (χ0n) is 11.8. The molecule has 0 aliphatic heterocycles. The molecule has 0 unspecified atom stereocenters. The maximum atomic E-state index is 5.28. The van der Waals surface area contributed by atoms with Gasteiger partial charge in [-0.2, -0.15) is 0 Å². The first-order chi connectivity index (χ1) is 9.28. The third-order valence-corrected chi connectivity index (χ3v) is 5.29. The lowest BCUT2D eigenvalue weighted by Gasteiger charge is -2.34. The van der Waals surface area contributed by atoms with Crippen molar-refractivity contribution < 1.29 is 4.74 Å². The van der Waals surface area contributed by atoms with Crippen molar-refractivity contribution in [3.05, 3.63) is 10.6 Å². The highest BCUT2D eigenvalue weighted by Crippen LogP contribution is 2.33. The molecule has 1 heterocycles. The Kier molecular flexibility index (Phi) is 4.05. The largest absolute Gasteiger partial charge is 0.378 e. The van der Waals surface area contributed by atoms with E-state index in [2.05, 4.69) is 17.3 Å². The van der Waals surface area contributed by atoms with Gasteiger partial charge in [-0.15, -0.1) is 11.3 Å². The summed E-state index contributed by atoms with van der Waals surface area (Å²) in [6.45, 7) is 1.57. The van der Waals surface area contributed by atoms with E-state index in [1.807, 2.05) is 11.3 Å². The summed E-state index contributed by atoms with van der Waals surface area (Å²) in [5.74, 6) is 0. The maximum Gasteiger partial charge on any atom is 0.185 e. The van der Waals surface area contributed by atoms with E-state index in [0.29, 0.717) is 12.6 Å². The van der Waals surface area contributed by atoms with Crippen molar-refractivity contribution in [2.75, 3.05) is 19.1 Å². The van der Waals surface area contributed by atoms with Crippen LogP contribution in [0.15, 0.2) is 0 Å². The number of aromatic nitrogens is 1. The van der Waals surface area contributed by atoms with Gasteiger partial charge in [-0.3, -0.25) is 0 Å². The van der Waals surface area contributed by atoms with E-state index in [0.717, 1.165) is 23.4 Å². The van der Waals surface area contributed by atoms with Crippen LogP contribution in [0.4, 0.5) is 5.13 Å². The number of methoxy groups -OCH3 is 1. The van der Waals surface area contributed by atoms with E-state index in [-0.39, 0.29) is 0 Å². The Morgan fingerprint density at radius 3 is 2.74 bits per heavy atom. The molecule has 3 rings (SSSR count). The van der Waals surface area contributed by atoms with Crippen LogP contribution < -0.4 is 10.2 Å². The molecule has 0 saturated heterocycles. The van der Waals surface area contributed by atoms with Crippen LogP contribution in [0.1, 0.15) is 42.7 Å². The van der Waals surface area contributed by atoms with Crippen LogP contribution >= 0.6 is 11.3 Å². The molecule has 19 heavy (non-hydrogen) atoms. The average molecular weight is 281 g/mol. The number of hydrogen-bond donors (Lipinski definition) is 1. The fourth-order valence-corrected chi connectivity index (χ4v) is 3.41. The second-order valence-electron chi connectivity index (χ2n) is 5.65. The van der Waals surface area contributed by atoms with E-state index in [9.17, 15) is 0 Å². The highest BCUT2D eigenvalue weighted by atomic mass is 32.1. The number of nitrogens with zero attached hydrogens (tertiary/aromatic N) is 2.